The SMILES string of the molecule is COCc1ccc(NC(=O)N(C)Cc2ccc3c(c2)OCO3)cc1. The van der Waals surface area contributed by atoms with Crippen LogP contribution in [0.25, 0.3) is 0 Å². The summed E-state index contributed by atoms with van der Waals surface area (Å²) in [5.74, 6) is 1.46. The topological polar surface area (TPSA) is 60.0 Å². The maximum absolute atomic E-state index is 12.3. The molecule has 0 saturated heterocycles. The number of carbonyl (C=O) groups is 1. The number of methoxy groups -OCH3 is 1. The Hall–Kier alpha value is -2.73. The van der Waals surface area contributed by atoms with Crippen LogP contribution in [-0.4, -0.2) is 31.9 Å². The fourth-order valence-corrected chi connectivity index (χ4v) is 2.45. The Morgan fingerprint density at radius 1 is 1.12 bits per heavy atom. The normalized spacial score (nSPS) is 12.1. The number of nitrogens with one attached hydrogen (secondary N) is 1. The van der Waals surface area contributed by atoms with Crippen LogP contribution < -0.4 is 14.8 Å². The molecule has 1 N–H and O–H groups in total. The van der Waals surface area contributed by atoms with Crippen LogP contribution in [0.3, 0.4) is 0 Å². The summed E-state index contributed by atoms with van der Waals surface area (Å²) in [6.07, 6.45) is 0. The zero-order chi connectivity index (χ0) is 16.9. The van der Waals surface area contributed by atoms with Gasteiger partial charge in [-0.25, -0.2) is 4.79 Å². The van der Waals surface area contributed by atoms with Crippen LogP contribution in [0.5, 0.6) is 11.5 Å². The monoisotopic (exact) mass is 328 g/mol. The van der Waals surface area contributed by atoms with E-state index in [0.717, 1.165) is 28.3 Å². The lowest BCUT2D eigenvalue weighted by Crippen LogP contribution is -2.30. The van der Waals surface area contributed by atoms with Gasteiger partial charge in [0.05, 0.1) is 6.61 Å². The first kappa shape index (κ1) is 16.1. The Labute approximate surface area is 140 Å². The number of anilines is 1. The number of fused-ring (bicyclic) bond motifs is 1. The lowest BCUT2D eigenvalue weighted by atomic mass is 10.2. The van der Waals surface area contributed by atoms with Crippen LogP contribution in [-0.2, 0) is 17.9 Å². The van der Waals surface area contributed by atoms with Crippen LogP contribution in [0.2, 0.25) is 0 Å². The summed E-state index contributed by atoms with van der Waals surface area (Å²) in [6, 6.07) is 13.1. The summed E-state index contributed by atoms with van der Waals surface area (Å²) < 4.78 is 15.7. The molecule has 2 aromatic rings. The predicted molar refractivity (Wildman–Crippen MR) is 90.2 cm³/mol. The Bertz CT molecular complexity index is 715. The molecule has 1 aliphatic rings. The van der Waals surface area contributed by atoms with Gasteiger partial charge in [-0.2, -0.15) is 0 Å². The molecule has 6 nitrogen and oxygen atoms in total. The molecule has 0 fully saturated rings. The number of hydrogen-bond donors (Lipinski definition) is 1. The number of rotatable bonds is 5. The van der Waals surface area contributed by atoms with Crippen molar-refractivity contribution in [2.45, 2.75) is 13.2 Å². The average Bonchev–Trinajstić information content (AvgIpc) is 3.04. The quantitative estimate of drug-likeness (QED) is 0.915. The third-order valence-electron chi connectivity index (χ3n) is 3.72. The van der Waals surface area contributed by atoms with Gasteiger partial charge < -0.3 is 24.4 Å². The maximum Gasteiger partial charge on any atom is 0.321 e. The van der Waals surface area contributed by atoms with Gasteiger partial charge in [-0.3, -0.25) is 0 Å². The van der Waals surface area contributed by atoms with Crippen molar-refractivity contribution < 1.29 is 19.0 Å². The van der Waals surface area contributed by atoms with Gasteiger partial charge in [0.15, 0.2) is 11.5 Å². The Morgan fingerprint density at radius 3 is 2.58 bits per heavy atom. The lowest BCUT2D eigenvalue weighted by molar-refractivity contribution is 0.174. The fourth-order valence-electron chi connectivity index (χ4n) is 2.45. The third-order valence-corrected chi connectivity index (χ3v) is 3.72. The van der Waals surface area contributed by atoms with Crippen molar-refractivity contribution >= 4 is 11.7 Å². The van der Waals surface area contributed by atoms with Gasteiger partial charge in [-0.15, -0.1) is 0 Å². The number of benzene rings is 2. The van der Waals surface area contributed by atoms with E-state index in [2.05, 4.69) is 5.32 Å². The minimum Gasteiger partial charge on any atom is -0.454 e. The van der Waals surface area contributed by atoms with Crippen molar-refractivity contribution in [1.82, 2.24) is 4.90 Å². The summed E-state index contributed by atoms with van der Waals surface area (Å²) >= 11 is 0. The van der Waals surface area contributed by atoms with Crippen LogP contribution in [0.15, 0.2) is 42.5 Å². The highest BCUT2D eigenvalue weighted by Gasteiger charge is 2.15. The molecular formula is C18H20N2O4. The first-order chi connectivity index (χ1) is 11.7. The van der Waals surface area contributed by atoms with Crippen molar-refractivity contribution in [3.8, 4) is 11.5 Å². The zero-order valence-electron chi connectivity index (χ0n) is 13.7. The number of nitrogens with zero attached hydrogens (tertiary/aromatic N) is 1. The molecule has 126 valence electrons. The minimum atomic E-state index is -0.174. The molecule has 1 heterocycles. The van der Waals surface area contributed by atoms with Gasteiger partial charge in [-0.1, -0.05) is 18.2 Å². The van der Waals surface area contributed by atoms with Crippen molar-refractivity contribution in [1.29, 1.82) is 0 Å². The Balaban J connectivity index is 1.58. The third kappa shape index (κ3) is 3.78. The molecule has 2 amide bonds. The standard InChI is InChI=1S/C18H20N2O4/c1-20(10-14-5-8-16-17(9-14)24-12-23-16)18(21)19-15-6-3-13(4-7-15)11-22-2/h3-9H,10-12H2,1-2H3,(H,19,21). The highest BCUT2D eigenvalue weighted by atomic mass is 16.7. The Morgan fingerprint density at radius 2 is 1.83 bits per heavy atom. The van der Waals surface area contributed by atoms with E-state index in [-0.39, 0.29) is 12.8 Å². The number of amides is 2. The fraction of sp³-hybridized carbons (Fsp3) is 0.278. The number of carbonyl (C=O) groups excluding carboxylic acids is 1. The number of hydrogen-bond acceptors (Lipinski definition) is 4. The molecule has 3 rings (SSSR count). The first-order valence-electron chi connectivity index (χ1n) is 7.64. The maximum atomic E-state index is 12.3. The lowest BCUT2D eigenvalue weighted by Gasteiger charge is -2.18. The number of urea groups is 1. The van der Waals surface area contributed by atoms with Crippen LogP contribution >= 0.6 is 0 Å². The molecule has 0 saturated carbocycles. The smallest absolute Gasteiger partial charge is 0.321 e. The molecule has 24 heavy (non-hydrogen) atoms. The van der Waals surface area contributed by atoms with Gasteiger partial charge in [0.1, 0.15) is 0 Å². The van der Waals surface area contributed by atoms with Gasteiger partial charge in [0.2, 0.25) is 6.79 Å². The van der Waals surface area contributed by atoms with E-state index in [1.54, 1.807) is 19.1 Å². The molecule has 1 aliphatic heterocycles. The second-order valence-corrected chi connectivity index (χ2v) is 5.60. The number of ether oxygens (including phenoxy) is 3. The summed E-state index contributed by atoms with van der Waals surface area (Å²) in [7, 11) is 3.40. The van der Waals surface area contributed by atoms with Gasteiger partial charge in [-0.05, 0) is 35.4 Å². The van der Waals surface area contributed by atoms with E-state index in [0.29, 0.717) is 13.2 Å². The molecule has 0 aliphatic carbocycles. The minimum absolute atomic E-state index is 0.174. The summed E-state index contributed by atoms with van der Waals surface area (Å²) in [5, 5.41) is 2.87. The van der Waals surface area contributed by atoms with Crippen LogP contribution in [0.4, 0.5) is 10.5 Å². The van der Waals surface area contributed by atoms with E-state index in [4.69, 9.17) is 14.2 Å². The largest absolute Gasteiger partial charge is 0.454 e. The van der Waals surface area contributed by atoms with E-state index in [9.17, 15) is 4.79 Å². The molecule has 0 unspecified atom stereocenters. The molecular weight excluding hydrogens is 308 g/mol. The van der Waals surface area contributed by atoms with Crippen LogP contribution in [0, 0.1) is 0 Å². The van der Waals surface area contributed by atoms with Gasteiger partial charge in [0.25, 0.3) is 0 Å². The summed E-state index contributed by atoms with van der Waals surface area (Å²) in [5.41, 5.74) is 2.79. The van der Waals surface area contributed by atoms with Gasteiger partial charge in [0, 0.05) is 26.4 Å². The first-order valence-corrected chi connectivity index (χ1v) is 7.64. The van der Waals surface area contributed by atoms with Crippen molar-refractivity contribution in [2.75, 3.05) is 26.3 Å². The van der Waals surface area contributed by atoms with E-state index >= 15 is 0 Å². The zero-order valence-corrected chi connectivity index (χ0v) is 13.7. The van der Waals surface area contributed by atoms with Crippen molar-refractivity contribution in [3.05, 3.63) is 53.6 Å². The molecule has 0 aromatic heterocycles. The molecule has 0 radical (unpaired) electrons. The molecule has 0 atom stereocenters. The summed E-state index contributed by atoms with van der Waals surface area (Å²) in [4.78, 5) is 13.9. The average molecular weight is 328 g/mol. The molecule has 0 spiro atoms. The molecule has 2 aromatic carbocycles. The highest BCUT2D eigenvalue weighted by molar-refractivity contribution is 5.89. The highest BCUT2D eigenvalue weighted by Crippen LogP contribution is 2.32. The van der Waals surface area contributed by atoms with E-state index < -0.39 is 0 Å². The van der Waals surface area contributed by atoms with E-state index in [1.807, 2.05) is 42.5 Å². The van der Waals surface area contributed by atoms with Crippen molar-refractivity contribution in [3.63, 3.8) is 0 Å². The molecule has 0 bridgehead atoms. The van der Waals surface area contributed by atoms with Crippen molar-refractivity contribution in [2.24, 2.45) is 0 Å². The summed E-state index contributed by atoms with van der Waals surface area (Å²) in [6.45, 7) is 1.27. The van der Waals surface area contributed by atoms with Crippen LogP contribution in [0.1, 0.15) is 11.1 Å². The molecule has 6 heteroatoms. The second kappa shape index (κ2) is 7.23. The predicted octanol–water partition coefficient (Wildman–Crippen LogP) is 3.23. The second-order valence-electron chi connectivity index (χ2n) is 5.60. The Kier molecular flexibility index (Phi) is 4.86. The van der Waals surface area contributed by atoms with Gasteiger partial charge >= 0.3 is 6.03 Å². The van der Waals surface area contributed by atoms with E-state index in [1.165, 1.54) is 0 Å².